The highest BCUT2D eigenvalue weighted by Crippen LogP contribution is 2.34. The van der Waals surface area contributed by atoms with Crippen LogP contribution in [0.1, 0.15) is 21.5 Å². The Balaban J connectivity index is 1.43. The average molecular weight is 576 g/mol. The lowest BCUT2D eigenvalue weighted by atomic mass is 10.1. The molecule has 0 saturated heterocycles. The fourth-order valence-corrected chi connectivity index (χ4v) is 4.45. The van der Waals surface area contributed by atoms with Crippen molar-refractivity contribution in [1.29, 1.82) is 0 Å². The number of anilines is 2. The van der Waals surface area contributed by atoms with E-state index in [2.05, 4.69) is 16.0 Å². The van der Waals surface area contributed by atoms with Crippen LogP contribution < -0.4 is 16.0 Å². The summed E-state index contributed by atoms with van der Waals surface area (Å²) in [5.74, 6) is -1.79. The highest BCUT2D eigenvalue weighted by atomic mass is 32.2. The Morgan fingerprint density at radius 3 is 2.12 bits per heavy atom. The van der Waals surface area contributed by atoms with Crippen molar-refractivity contribution in [2.24, 2.45) is 0 Å². The predicted octanol–water partition coefficient (Wildman–Crippen LogP) is 6.85. The van der Waals surface area contributed by atoms with E-state index in [9.17, 15) is 27.6 Å². The third-order valence-electron chi connectivity index (χ3n) is 5.61. The molecule has 0 bridgehead atoms. The first-order valence-electron chi connectivity index (χ1n) is 12.3. The maximum atomic E-state index is 13.2. The van der Waals surface area contributed by atoms with E-state index >= 15 is 0 Å². The molecule has 0 aliphatic carbocycles. The van der Waals surface area contributed by atoms with E-state index in [1.807, 2.05) is 6.07 Å². The number of hydrogen-bond acceptors (Lipinski definition) is 4. The molecule has 6 nitrogen and oxygen atoms in total. The molecule has 4 rings (SSSR count). The molecular formula is C31H24F3N3O3S. The Morgan fingerprint density at radius 1 is 0.756 bits per heavy atom. The molecule has 0 atom stereocenters. The van der Waals surface area contributed by atoms with Crippen LogP contribution in [-0.4, -0.2) is 23.5 Å². The van der Waals surface area contributed by atoms with Gasteiger partial charge in [-0.3, -0.25) is 14.4 Å². The van der Waals surface area contributed by atoms with Crippen molar-refractivity contribution in [3.8, 4) is 0 Å². The number of alkyl halides is 3. The van der Waals surface area contributed by atoms with Crippen molar-refractivity contribution in [2.45, 2.75) is 11.1 Å². The molecule has 0 fully saturated rings. The third kappa shape index (κ3) is 8.58. The molecule has 3 N–H and O–H groups in total. The van der Waals surface area contributed by atoms with Crippen LogP contribution in [0.3, 0.4) is 0 Å². The Bertz CT molecular complexity index is 1560. The lowest BCUT2D eigenvalue weighted by Crippen LogP contribution is -2.30. The van der Waals surface area contributed by atoms with Gasteiger partial charge in [0.2, 0.25) is 5.91 Å². The van der Waals surface area contributed by atoms with Crippen molar-refractivity contribution < 1.29 is 27.6 Å². The fraction of sp³-hybridized carbons (Fsp3) is 0.0645. The number of hydrogen-bond donors (Lipinski definition) is 3. The molecule has 0 aliphatic heterocycles. The molecule has 4 aromatic carbocycles. The van der Waals surface area contributed by atoms with E-state index in [0.29, 0.717) is 21.7 Å². The maximum Gasteiger partial charge on any atom is 0.418 e. The molecular weight excluding hydrogens is 551 g/mol. The number of thioether (sulfide) groups is 1. The standard InChI is InChI=1S/C31H24F3N3O3S/c32-31(33,34)25-16-7-8-17-26(25)36-28(38)20-41-24-15-9-14-23(19-24)35-30(40)27(18-21-10-3-1-4-11-21)37-29(39)22-12-5-2-6-13-22/h1-19H,20H2,(H,35,40)(H,36,38)(H,37,39)/b27-18-. The van der Waals surface area contributed by atoms with Gasteiger partial charge in [-0.15, -0.1) is 11.8 Å². The van der Waals surface area contributed by atoms with Crippen molar-refractivity contribution in [3.63, 3.8) is 0 Å². The molecule has 0 aliphatic rings. The van der Waals surface area contributed by atoms with Gasteiger partial charge in [0.05, 0.1) is 17.0 Å². The minimum absolute atomic E-state index is 0.0193. The summed E-state index contributed by atoms with van der Waals surface area (Å²) in [5.41, 5.74) is 0.257. The van der Waals surface area contributed by atoms with Gasteiger partial charge in [-0.05, 0) is 54.1 Å². The zero-order valence-corrected chi connectivity index (χ0v) is 22.3. The highest BCUT2D eigenvalue weighted by molar-refractivity contribution is 8.00. The van der Waals surface area contributed by atoms with Crippen LogP contribution >= 0.6 is 11.8 Å². The zero-order valence-electron chi connectivity index (χ0n) is 21.4. The number of nitrogens with one attached hydrogen (secondary N) is 3. The maximum absolute atomic E-state index is 13.2. The van der Waals surface area contributed by atoms with Crippen LogP contribution in [-0.2, 0) is 15.8 Å². The van der Waals surface area contributed by atoms with E-state index < -0.39 is 29.5 Å². The summed E-state index contributed by atoms with van der Waals surface area (Å²) in [6.45, 7) is 0. The van der Waals surface area contributed by atoms with Gasteiger partial charge in [0, 0.05) is 16.1 Å². The monoisotopic (exact) mass is 575 g/mol. The smallest absolute Gasteiger partial charge is 0.325 e. The summed E-state index contributed by atoms with van der Waals surface area (Å²) in [4.78, 5) is 39.0. The molecule has 4 aromatic rings. The van der Waals surface area contributed by atoms with Crippen LogP contribution in [0.4, 0.5) is 24.5 Å². The first-order valence-corrected chi connectivity index (χ1v) is 13.3. The first kappa shape index (κ1) is 29.2. The quantitative estimate of drug-likeness (QED) is 0.151. The SMILES string of the molecule is O=C(CSc1cccc(NC(=O)/C(=C/c2ccccc2)NC(=O)c2ccccc2)c1)Nc1ccccc1C(F)(F)F. The number of halogens is 3. The minimum Gasteiger partial charge on any atom is -0.325 e. The topological polar surface area (TPSA) is 87.3 Å². The Morgan fingerprint density at radius 2 is 1.41 bits per heavy atom. The summed E-state index contributed by atoms with van der Waals surface area (Å²) in [6.07, 6.45) is -3.05. The van der Waals surface area contributed by atoms with Gasteiger partial charge in [-0.2, -0.15) is 13.2 Å². The normalized spacial score (nSPS) is 11.4. The van der Waals surface area contributed by atoms with E-state index in [-0.39, 0.29) is 17.1 Å². The number of benzene rings is 4. The predicted molar refractivity (Wildman–Crippen MR) is 154 cm³/mol. The summed E-state index contributed by atoms with van der Waals surface area (Å²) < 4.78 is 39.6. The van der Waals surface area contributed by atoms with Crippen LogP contribution in [0.15, 0.2) is 120 Å². The summed E-state index contributed by atoms with van der Waals surface area (Å²) in [5, 5.41) is 7.72. The van der Waals surface area contributed by atoms with Gasteiger partial charge in [-0.25, -0.2) is 0 Å². The average Bonchev–Trinajstić information content (AvgIpc) is 2.96. The number of para-hydroxylation sites is 1. The molecule has 0 spiro atoms. The second-order valence-corrected chi connectivity index (χ2v) is 9.70. The van der Waals surface area contributed by atoms with Crippen molar-refractivity contribution >= 4 is 46.9 Å². The molecule has 3 amide bonds. The van der Waals surface area contributed by atoms with E-state index in [4.69, 9.17) is 0 Å². The molecule has 41 heavy (non-hydrogen) atoms. The van der Waals surface area contributed by atoms with Gasteiger partial charge in [0.15, 0.2) is 0 Å². The largest absolute Gasteiger partial charge is 0.418 e. The lowest BCUT2D eigenvalue weighted by molar-refractivity contribution is -0.137. The summed E-state index contributed by atoms with van der Waals surface area (Å²) in [7, 11) is 0. The fourth-order valence-electron chi connectivity index (χ4n) is 3.69. The van der Waals surface area contributed by atoms with Crippen LogP contribution in [0.25, 0.3) is 6.08 Å². The number of carbonyl (C=O) groups excluding carboxylic acids is 3. The van der Waals surface area contributed by atoms with E-state index in [1.54, 1.807) is 84.9 Å². The van der Waals surface area contributed by atoms with Crippen LogP contribution in [0.2, 0.25) is 0 Å². The minimum atomic E-state index is -4.60. The van der Waals surface area contributed by atoms with Crippen molar-refractivity contribution in [1.82, 2.24) is 5.32 Å². The Hall–Kier alpha value is -4.83. The summed E-state index contributed by atoms with van der Waals surface area (Å²) in [6, 6.07) is 28.9. The molecule has 10 heteroatoms. The third-order valence-corrected chi connectivity index (χ3v) is 6.60. The van der Waals surface area contributed by atoms with Crippen molar-refractivity contribution in [3.05, 3.63) is 132 Å². The van der Waals surface area contributed by atoms with Crippen LogP contribution in [0.5, 0.6) is 0 Å². The molecule has 208 valence electrons. The Labute approximate surface area is 238 Å². The zero-order chi connectivity index (χ0) is 29.2. The molecule has 0 heterocycles. The van der Waals surface area contributed by atoms with E-state index in [1.165, 1.54) is 18.2 Å². The van der Waals surface area contributed by atoms with Gasteiger partial charge in [-0.1, -0.05) is 66.7 Å². The lowest BCUT2D eigenvalue weighted by Gasteiger charge is -2.14. The van der Waals surface area contributed by atoms with E-state index in [0.717, 1.165) is 17.8 Å². The van der Waals surface area contributed by atoms with Gasteiger partial charge in [0.1, 0.15) is 5.70 Å². The second-order valence-electron chi connectivity index (χ2n) is 8.65. The molecule has 0 aromatic heterocycles. The highest BCUT2D eigenvalue weighted by Gasteiger charge is 2.33. The number of amides is 3. The van der Waals surface area contributed by atoms with Gasteiger partial charge in [0.25, 0.3) is 11.8 Å². The molecule has 0 unspecified atom stereocenters. The first-order chi connectivity index (χ1) is 19.7. The van der Waals surface area contributed by atoms with Crippen LogP contribution in [0, 0.1) is 0 Å². The second kappa shape index (κ2) is 13.5. The number of carbonyl (C=O) groups is 3. The van der Waals surface area contributed by atoms with Gasteiger partial charge < -0.3 is 16.0 Å². The summed E-state index contributed by atoms with van der Waals surface area (Å²) >= 11 is 1.09. The Kier molecular flexibility index (Phi) is 9.60. The van der Waals surface area contributed by atoms with Gasteiger partial charge >= 0.3 is 6.18 Å². The molecule has 0 radical (unpaired) electrons. The van der Waals surface area contributed by atoms with Crippen molar-refractivity contribution in [2.75, 3.05) is 16.4 Å². The number of rotatable bonds is 9. The molecule has 0 saturated carbocycles.